The Morgan fingerprint density at radius 2 is 2.32 bits per heavy atom. The Balaban J connectivity index is 2.03. The minimum Gasteiger partial charge on any atom is -0.495 e. The molecule has 0 saturated carbocycles. The first-order chi connectivity index (χ1) is 9.21. The Morgan fingerprint density at radius 3 is 3.05 bits per heavy atom. The highest BCUT2D eigenvalue weighted by Crippen LogP contribution is 2.37. The van der Waals surface area contributed by atoms with E-state index >= 15 is 0 Å². The molecule has 1 atom stereocenters. The number of aliphatic imine (C=N–C) groups is 1. The molecule has 0 spiro atoms. The average molecular weight is 257 g/mol. The standard InChI is InChI=1S/C14H15N3O2/c1-16-8-3-4-10-13(5-8)19-14-6-9(15)12(18-2)7-11(14)17-10/h3-5,7,14-16H,6H2,1-2H3. The van der Waals surface area contributed by atoms with Crippen molar-refractivity contribution in [3.8, 4) is 5.75 Å². The van der Waals surface area contributed by atoms with Gasteiger partial charge in [-0.05, 0) is 12.1 Å². The Bertz CT molecular complexity index is 605. The summed E-state index contributed by atoms with van der Waals surface area (Å²) in [6, 6.07) is 5.80. The molecule has 3 rings (SSSR count). The number of nitrogens with one attached hydrogen (secondary N) is 2. The molecule has 0 saturated heterocycles. The van der Waals surface area contributed by atoms with Gasteiger partial charge in [0.05, 0.1) is 18.5 Å². The average Bonchev–Trinajstić information content (AvgIpc) is 2.44. The highest BCUT2D eigenvalue weighted by atomic mass is 16.5. The van der Waals surface area contributed by atoms with Crippen molar-refractivity contribution in [1.29, 1.82) is 5.41 Å². The lowest BCUT2D eigenvalue weighted by Crippen LogP contribution is -2.35. The maximum Gasteiger partial charge on any atom is 0.148 e. The van der Waals surface area contributed by atoms with Crippen molar-refractivity contribution in [3.05, 3.63) is 30.0 Å². The summed E-state index contributed by atoms with van der Waals surface area (Å²) in [7, 11) is 3.43. The number of hydrogen-bond acceptors (Lipinski definition) is 5. The maximum absolute atomic E-state index is 7.89. The first kappa shape index (κ1) is 11.8. The van der Waals surface area contributed by atoms with Gasteiger partial charge in [-0.1, -0.05) is 0 Å². The Labute approximate surface area is 111 Å². The normalized spacial score (nSPS) is 20.5. The Hall–Kier alpha value is -2.30. The van der Waals surface area contributed by atoms with Crippen LogP contribution in [0.3, 0.4) is 0 Å². The molecule has 1 unspecified atom stereocenters. The summed E-state index contributed by atoms with van der Waals surface area (Å²) >= 11 is 0. The summed E-state index contributed by atoms with van der Waals surface area (Å²) in [5, 5.41) is 11.0. The summed E-state index contributed by atoms with van der Waals surface area (Å²) in [6.45, 7) is 0. The molecule has 2 aliphatic rings. The van der Waals surface area contributed by atoms with Crippen molar-refractivity contribution in [2.45, 2.75) is 12.5 Å². The van der Waals surface area contributed by atoms with Crippen molar-refractivity contribution in [2.24, 2.45) is 4.99 Å². The van der Waals surface area contributed by atoms with Gasteiger partial charge >= 0.3 is 0 Å². The van der Waals surface area contributed by atoms with Gasteiger partial charge in [0.1, 0.15) is 23.3 Å². The van der Waals surface area contributed by atoms with Crippen LogP contribution in [-0.2, 0) is 4.74 Å². The highest BCUT2D eigenvalue weighted by Gasteiger charge is 2.30. The summed E-state index contributed by atoms with van der Waals surface area (Å²) in [4.78, 5) is 4.59. The van der Waals surface area contributed by atoms with Crippen molar-refractivity contribution in [2.75, 3.05) is 19.5 Å². The quantitative estimate of drug-likeness (QED) is 0.855. The van der Waals surface area contributed by atoms with Gasteiger partial charge in [0.2, 0.25) is 0 Å². The molecule has 19 heavy (non-hydrogen) atoms. The van der Waals surface area contributed by atoms with Crippen LogP contribution in [0.1, 0.15) is 6.42 Å². The molecule has 98 valence electrons. The van der Waals surface area contributed by atoms with Crippen LogP contribution < -0.4 is 10.1 Å². The number of hydrogen-bond donors (Lipinski definition) is 2. The van der Waals surface area contributed by atoms with E-state index in [4.69, 9.17) is 14.9 Å². The van der Waals surface area contributed by atoms with E-state index in [2.05, 4.69) is 10.3 Å². The fourth-order valence-electron chi connectivity index (χ4n) is 2.24. The predicted octanol–water partition coefficient (Wildman–Crippen LogP) is 2.52. The fraction of sp³-hybridized carbons (Fsp3) is 0.286. The molecule has 5 heteroatoms. The summed E-state index contributed by atoms with van der Waals surface area (Å²) in [6.07, 6.45) is 2.08. The maximum atomic E-state index is 7.89. The van der Waals surface area contributed by atoms with Crippen molar-refractivity contribution < 1.29 is 9.47 Å². The van der Waals surface area contributed by atoms with E-state index in [1.54, 1.807) is 13.2 Å². The van der Waals surface area contributed by atoms with Gasteiger partial charge in [-0.2, -0.15) is 0 Å². The lowest BCUT2D eigenvalue weighted by Gasteiger charge is -2.28. The van der Waals surface area contributed by atoms with E-state index in [1.807, 2.05) is 25.2 Å². The number of allylic oxidation sites excluding steroid dienone is 1. The fourth-order valence-corrected chi connectivity index (χ4v) is 2.24. The first-order valence-electron chi connectivity index (χ1n) is 6.12. The molecular weight excluding hydrogens is 242 g/mol. The van der Waals surface area contributed by atoms with Crippen molar-refractivity contribution in [1.82, 2.24) is 0 Å². The second kappa shape index (κ2) is 4.42. The topological polar surface area (TPSA) is 66.7 Å². The van der Waals surface area contributed by atoms with E-state index in [0.717, 1.165) is 22.8 Å². The number of nitrogens with zero attached hydrogens (tertiary/aromatic N) is 1. The molecule has 1 heterocycles. The van der Waals surface area contributed by atoms with Gasteiger partial charge in [-0.25, -0.2) is 4.99 Å². The number of benzene rings is 1. The van der Waals surface area contributed by atoms with Crippen LogP contribution in [0.25, 0.3) is 0 Å². The molecule has 0 amide bonds. The number of fused-ring (bicyclic) bond motifs is 2. The SMILES string of the molecule is CNc1ccc2c(c1)OC1CC(=N)C(OC)=CC1=N2. The Morgan fingerprint density at radius 1 is 1.47 bits per heavy atom. The monoisotopic (exact) mass is 257 g/mol. The lowest BCUT2D eigenvalue weighted by atomic mass is 9.97. The van der Waals surface area contributed by atoms with Crippen LogP contribution in [0, 0.1) is 5.41 Å². The summed E-state index contributed by atoms with van der Waals surface area (Å²) in [5.74, 6) is 1.32. The zero-order chi connectivity index (χ0) is 13.4. The van der Waals surface area contributed by atoms with Crippen LogP contribution in [0.15, 0.2) is 35.0 Å². The van der Waals surface area contributed by atoms with Gasteiger partial charge in [-0.3, -0.25) is 0 Å². The van der Waals surface area contributed by atoms with E-state index in [0.29, 0.717) is 17.9 Å². The third-order valence-electron chi connectivity index (χ3n) is 3.28. The second-order valence-electron chi connectivity index (χ2n) is 4.47. The summed E-state index contributed by atoms with van der Waals surface area (Å²) < 4.78 is 11.1. The van der Waals surface area contributed by atoms with Crippen LogP contribution in [0.4, 0.5) is 11.4 Å². The molecule has 1 aliphatic carbocycles. The van der Waals surface area contributed by atoms with Gasteiger partial charge < -0.3 is 20.2 Å². The zero-order valence-corrected chi connectivity index (χ0v) is 10.9. The number of rotatable bonds is 2. The molecule has 0 fully saturated rings. The number of ether oxygens (including phenoxy) is 2. The largest absolute Gasteiger partial charge is 0.495 e. The van der Waals surface area contributed by atoms with Gasteiger partial charge in [0, 0.05) is 31.3 Å². The van der Waals surface area contributed by atoms with E-state index in [-0.39, 0.29) is 6.10 Å². The second-order valence-corrected chi connectivity index (χ2v) is 4.47. The minimum atomic E-state index is -0.189. The smallest absolute Gasteiger partial charge is 0.148 e. The first-order valence-corrected chi connectivity index (χ1v) is 6.12. The summed E-state index contributed by atoms with van der Waals surface area (Å²) in [5.41, 5.74) is 3.05. The van der Waals surface area contributed by atoms with Gasteiger partial charge in [-0.15, -0.1) is 0 Å². The molecule has 0 bridgehead atoms. The van der Waals surface area contributed by atoms with Gasteiger partial charge in [0.15, 0.2) is 0 Å². The molecule has 1 aromatic rings. The van der Waals surface area contributed by atoms with Gasteiger partial charge in [0.25, 0.3) is 0 Å². The van der Waals surface area contributed by atoms with Crippen molar-refractivity contribution in [3.63, 3.8) is 0 Å². The predicted molar refractivity (Wildman–Crippen MR) is 74.9 cm³/mol. The van der Waals surface area contributed by atoms with Crippen molar-refractivity contribution >= 4 is 22.8 Å². The van der Waals surface area contributed by atoms with Crippen LogP contribution in [-0.4, -0.2) is 31.7 Å². The number of methoxy groups -OCH3 is 1. The number of anilines is 1. The molecule has 1 aromatic carbocycles. The molecule has 2 N–H and O–H groups in total. The molecule has 0 aromatic heterocycles. The van der Waals surface area contributed by atoms with E-state index in [1.165, 1.54) is 0 Å². The van der Waals surface area contributed by atoms with Crippen LogP contribution in [0.2, 0.25) is 0 Å². The molecule has 5 nitrogen and oxygen atoms in total. The zero-order valence-electron chi connectivity index (χ0n) is 10.9. The highest BCUT2D eigenvalue weighted by molar-refractivity contribution is 6.14. The van der Waals surface area contributed by atoms with E-state index in [9.17, 15) is 0 Å². The molecular formula is C14H15N3O2. The molecule has 0 radical (unpaired) electrons. The minimum absolute atomic E-state index is 0.189. The lowest BCUT2D eigenvalue weighted by molar-refractivity contribution is 0.261. The van der Waals surface area contributed by atoms with Crippen LogP contribution >= 0.6 is 0 Å². The Kier molecular flexibility index (Phi) is 2.74. The molecule has 1 aliphatic heterocycles. The van der Waals surface area contributed by atoms with Crippen LogP contribution in [0.5, 0.6) is 5.75 Å². The third-order valence-corrected chi connectivity index (χ3v) is 3.28. The van der Waals surface area contributed by atoms with E-state index < -0.39 is 0 Å². The third kappa shape index (κ3) is 1.97.